The Morgan fingerprint density at radius 2 is 1.67 bits per heavy atom. The lowest BCUT2D eigenvalue weighted by molar-refractivity contribution is 0.0761. The van der Waals surface area contributed by atoms with E-state index in [0.717, 1.165) is 32.4 Å². The molecule has 6 nitrogen and oxygen atoms in total. The molecule has 2 amide bonds. The first-order chi connectivity index (χ1) is 15.9. The SMILES string of the molecule is CC(C)CCOc1ccccc1C(=O)NC(=S)Nc1ccc(C(=O)N2CCCCCC2)cc1. The first kappa shape index (κ1) is 24.7. The van der Waals surface area contributed by atoms with Crippen LogP contribution in [0, 0.1) is 5.92 Å². The van der Waals surface area contributed by atoms with Crippen molar-refractivity contribution >= 4 is 34.8 Å². The molecule has 2 aromatic carbocycles. The minimum absolute atomic E-state index is 0.0633. The first-order valence-electron chi connectivity index (χ1n) is 11.7. The molecule has 0 atom stereocenters. The van der Waals surface area contributed by atoms with Crippen LogP contribution in [-0.4, -0.2) is 41.5 Å². The molecular formula is C26H33N3O3S. The van der Waals surface area contributed by atoms with Gasteiger partial charge in [-0.3, -0.25) is 14.9 Å². The van der Waals surface area contributed by atoms with Crippen LogP contribution in [0.2, 0.25) is 0 Å². The standard InChI is InChI=1S/C26H33N3O3S/c1-19(2)15-18-32-23-10-6-5-9-22(23)24(30)28-26(33)27-21-13-11-20(12-14-21)25(31)29-16-7-3-4-8-17-29/h5-6,9-14,19H,3-4,7-8,15-18H2,1-2H3,(H2,27,28,30,33). The zero-order valence-corrected chi connectivity index (χ0v) is 20.2. The molecule has 7 heteroatoms. The van der Waals surface area contributed by atoms with E-state index < -0.39 is 0 Å². The summed E-state index contributed by atoms with van der Waals surface area (Å²) in [7, 11) is 0. The van der Waals surface area contributed by atoms with Crippen LogP contribution < -0.4 is 15.4 Å². The molecule has 0 saturated carbocycles. The van der Waals surface area contributed by atoms with Crippen molar-refractivity contribution in [2.75, 3.05) is 25.0 Å². The maximum absolute atomic E-state index is 12.7. The summed E-state index contributed by atoms with van der Waals surface area (Å²) >= 11 is 5.32. The normalized spacial score (nSPS) is 13.8. The zero-order chi connectivity index (χ0) is 23.6. The van der Waals surface area contributed by atoms with Crippen LogP contribution in [0.5, 0.6) is 5.75 Å². The van der Waals surface area contributed by atoms with Gasteiger partial charge in [-0.05, 0) is 73.8 Å². The highest BCUT2D eigenvalue weighted by Crippen LogP contribution is 2.19. The Labute approximate surface area is 201 Å². The molecule has 0 aromatic heterocycles. The number of nitrogens with one attached hydrogen (secondary N) is 2. The molecule has 176 valence electrons. The number of carbonyl (C=O) groups excluding carboxylic acids is 2. The smallest absolute Gasteiger partial charge is 0.261 e. The van der Waals surface area contributed by atoms with Crippen molar-refractivity contribution < 1.29 is 14.3 Å². The summed E-state index contributed by atoms with van der Waals surface area (Å²) in [5, 5.41) is 5.90. The molecule has 0 spiro atoms. The zero-order valence-electron chi connectivity index (χ0n) is 19.4. The number of thiocarbonyl (C=S) groups is 1. The Morgan fingerprint density at radius 1 is 1.00 bits per heavy atom. The molecule has 3 rings (SSSR count). The maximum atomic E-state index is 12.7. The summed E-state index contributed by atoms with van der Waals surface area (Å²) < 4.78 is 5.80. The molecule has 1 saturated heterocycles. The summed E-state index contributed by atoms with van der Waals surface area (Å²) in [6.07, 6.45) is 5.40. The Kier molecular flexibility index (Phi) is 9.24. The van der Waals surface area contributed by atoms with Crippen molar-refractivity contribution in [3.63, 3.8) is 0 Å². The molecule has 0 aliphatic carbocycles. The molecular weight excluding hydrogens is 434 g/mol. The predicted octanol–water partition coefficient (Wildman–Crippen LogP) is 5.25. The highest BCUT2D eigenvalue weighted by atomic mass is 32.1. The van der Waals surface area contributed by atoms with E-state index in [-0.39, 0.29) is 16.9 Å². The fourth-order valence-corrected chi connectivity index (χ4v) is 3.88. The maximum Gasteiger partial charge on any atom is 0.261 e. The van der Waals surface area contributed by atoms with Crippen LogP contribution >= 0.6 is 12.2 Å². The van der Waals surface area contributed by atoms with Crippen molar-refractivity contribution in [2.45, 2.75) is 46.0 Å². The van der Waals surface area contributed by atoms with E-state index in [1.54, 1.807) is 42.5 Å². The Hall–Kier alpha value is -2.93. The average molecular weight is 468 g/mol. The summed E-state index contributed by atoms with van der Waals surface area (Å²) in [4.78, 5) is 27.4. The van der Waals surface area contributed by atoms with Gasteiger partial charge in [-0.15, -0.1) is 0 Å². The number of amides is 2. The van der Waals surface area contributed by atoms with Gasteiger partial charge in [0.15, 0.2) is 5.11 Å². The number of nitrogens with zero attached hydrogens (tertiary/aromatic N) is 1. The van der Waals surface area contributed by atoms with Gasteiger partial charge in [0.25, 0.3) is 11.8 Å². The number of carbonyl (C=O) groups is 2. The topological polar surface area (TPSA) is 70.7 Å². The van der Waals surface area contributed by atoms with Crippen molar-refractivity contribution in [3.05, 3.63) is 59.7 Å². The number of anilines is 1. The van der Waals surface area contributed by atoms with E-state index in [1.807, 2.05) is 11.0 Å². The second kappa shape index (κ2) is 12.3. The number of benzene rings is 2. The van der Waals surface area contributed by atoms with Gasteiger partial charge < -0.3 is 15.0 Å². The largest absolute Gasteiger partial charge is 0.493 e. The lowest BCUT2D eigenvalue weighted by atomic mass is 10.1. The summed E-state index contributed by atoms with van der Waals surface area (Å²) in [5.74, 6) is 0.789. The molecule has 0 radical (unpaired) electrons. The van der Waals surface area contributed by atoms with E-state index >= 15 is 0 Å². The van der Waals surface area contributed by atoms with Crippen LogP contribution in [0.3, 0.4) is 0 Å². The molecule has 1 heterocycles. The van der Waals surface area contributed by atoms with Crippen molar-refractivity contribution in [3.8, 4) is 5.75 Å². The molecule has 1 aliphatic heterocycles. The fraction of sp³-hybridized carbons (Fsp3) is 0.423. The van der Waals surface area contributed by atoms with Gasteiger partial charge >= 0.3 is 0 Å². The Morgan fingerprint density at radius 3 is 2.33 bits per heavy atom. The monoisotopic (exact) mass is 467 g/mol. The van der Waals surface area contributed by atoms with E-state index in [9.17, 15) is 9.59 Å². The number of hydrogen-bond acceptors (Lipinski definition) is 4. The average Bonchev–Trinajstić information content (AvgIpc) is 3.09. The van der Waals surface area contributed by atoms with Gasteiger partial charge in [0.05, 0.1) is 12.2 Å². The van der Waals surface area contributed by atoms with Gasteiger partial charge in [0.1, 0.15) is 5.75 Å². The van der Waals surface area contributed by atoms with Gasteiger partial charge in [0.2, 0.25) is 0 Å². The van der Waals surface area contributed by atoms with Crippen LogP contribution in [0.4, 0.5) is 5.69 Å². The second-order valence-corrected chi connectivity index (χ2v) is 9.13. The number of para-hydroxylation sites is 1. The predicted molar refractivity (Wildman–Crippen MR) is 136 cm³/mol. The Bertz CT molecular complexity index is 952. The number of rotatable bonds is 7. The number of ether oxygens (including phenoxy) is 1. The summed E-state index contributed by atoms with van der Waals surface area (Å²) in [6, 6.07) is 14.3. The van der Waals surface area contributed by atoms with Gasteiger partial charge in [-0.25, -0.2) is 0 Å². The molecule has 1 aliphatic rings. The molecule has 1 fully saturated rings. The lowest BCUT2D eigenvalue weighted by Gasteiger charge is -2.20. The molecule has 2 N–H and O–H groups in total. The molecule has 33 heavy (non-hydrogen) atoms. The third-order valence-electron chi connectivity index (χ3n) is 5.59. The van der Waals surface area contributed by atoms with Crippen LogP contribution in [0.25, 0.3) is 0 Å². The number of hydrogen-bond donors (Lipinski definition) is 2. The quantitative estimate of drug-likeness (QED) is 0.544. The molecule has 0 unspecified atom stereocenters. The van der Waals surface area contributed by atoms with Crippen LogP contribution in [0.15, 0.2) is 48.5 Å². The van der Waals surface area contributed by atoms with Crippen molar-refractivity contribution in [1.29, 1.82) is 0 Å². The van der Waals surface area contributed by atoms with Gasteiger partial charge in [-0.2, -0.15) is 0 Å². The second-order valence-electron chi connectivity index (χ2n) is 8.72. The third-order valence-corrected chi connectivity index (χ3v) is 5.80. The molecule has 2 aromatic rings. The van der Waals surface area contributed by atoms with Crippen molar-refractivity contribution in [2.24, 2.45) is 5.92 Å². The summed E-state index contributed by atoms with van der Waals surface area (Å²) in [5.41, 5.74) is 1.79. The van der Waals surface area contributed by atoms with Crippen molar-refractivity contribution in [1.82, 2.24) is 10.2 Å². The van der Waals surface area contributed by atoms with Gasteiger partial charge in [0, 0.05) is 24.3 Å². The third kappa shape index (κ3) is 7.56. The van der Waals surface area contributed by atoms with E-state index in [2.05, 4.69) is 24.5 Å². The lowest BCUT2D eigenvalue weighted by Crippen LogP contribution is -2.34. The highest BCUT2D eigenvalue weighted by molar-refractivity contribution is 7.80. The van der Waals surface area contributed by atoms with Gasteiger partial charge in [-0.1, -0.05) is 38.8 Å². The Balaban J connectivity index is 1.55. The fourth-order valence-electron chi connectivity index (χ4n) is 3.67. The van der Waals surface area contributed by atoms with Crippen LogP contribution in [-0.2, 0) is 0 Å². The van der Waals surface area contributed by atoms with E-state index in [1.165, 1.54) is 12.8 Å². The first-order valence-corrected chi connectivity index (χ1v) is 12.1. The van der Waals surface area contributed by atoms with E-state index in [4.69, 9.17) is 17.0 Å². The minimum atomic E-state index is -0.333. The van der Waals surface area contributed by atoms with E-state index in [0.29, 0.717) is 35.1 Å². The summed E-state index contributed by atoms with van der Waals surface area (Å²) in [6.45, 7) is 6.44. The minimum Gasteiger partial charge on any atom is -0.493 e. The number of likely N-dealkylation sites (tertiary alicyclic amines) is 1. The van der Waals surface area contributed by atoms with Crippen LogP contribution in [0.1, 0.15) is 66.7 Å². The molecule has 0 bridgehead atoms. The highest BCUT2D eigenvalue weighted by Gasteiger charge is 2.17.